The third-order valence-corrected chi connectivity index (χ3v) is 28.5. The van der Waals surface area contributed by atoms with Gasteiger partial charge in [0.05, 0.1) is 34.2 Å². The molecule has 0 unspecified atom stereocenters. The van der Waals surface area contributed by atoms with Gasteiger partial charge in [0.15, 0.2) is 17.3 Å². The van der Waals surface area contributed by atoms with Crippen LogP contribution in [0.5, 0.6) is 0 Å². The molecule has 3 aromatic heterocycles. The highest BCUT2D eigenvalue weighted by Gasteiger charge is 2.40. The van der Waals surface area contributed by atoms with Crippen molar-refractivity contribution >= 4 is 17.3 Å². The third kappa shape index (κ3) is 17.1. The molecule has 141 heavy (non-hydrogen) atoms. The summed E-state index contributed by atoms with van der Waals surface area (Å²) < 4.78 is 0. The summed E-state index contributed by atoms with van der Waals surface area (Å²) in [6, 6.07) is 170. The lowest BCUT2D eigenvalue weighted by atomic mass is 9.68. The van der Waals surface area contributed by atoms with Gasteiger partial charge in [0.1, 0.15) is 0 Å². The van der Waals surface area contributed by atoms with Crippen molar-refractivity contribution in [3.8, 4) is 168 Å². The van der Waals surface area contributed by atoms with Crippen LogP contribution in [0.4, 0.5) is 0 Å². The standard InChI is InChI=1S/3C45H33NO/c1-45(2)40-24-14-13-23-38(40)44(47)39-27-32(25-26-41(39)45)34-19-9-10-20-35(34)36-21-11-12-22-37(36)43-29-33(30-15-5-3-6-16-30)28-42(46-43)31-17-7-4-8-18-31;1-45(2)40-23-12-11-22-38(40)44(47)39-27-33(24-25-41(39)45)37-21-10-9-20-36(37)32-18-13-19-34(26-32)43-29-35(30-14-5-3-6-15-30)28-42(46-43)31-16-7-4-8-17-31;1-45(2)40-20-12-11-19-38(40)44(47)39-27-34(25-26-41(39)45)37-18-10-9-17-36(37)31-21-23-33(24-22-31)43-29-35(30-13-5-3-6-14-30)28-42(46-43)32-15-7-4-8-16-32/h3*3-29H,1-2H3. The van der Waals surface area contributed by atoms with Crippen LogP contribution in [0.25, 0.3) is 168 Å². The Bertz CT molecular complexity index is 8220. The number of carbonyl (C=O) groups is 3. The van der Waals surface area contributed by atoms with Crippen molar-refractivity contribution in [1.29, 1.82) is 0 Å². The van der Waals surface area contributed by atoms with Gasteiger partial charge < -0.3 is 0 Å². The molecule has 0 fully saturated rings. The van der Waals surface area contributed by atoms with E-state index in [-0.39, 0.29) is 33.6 Å². The molecule has 21 aromatic rings. The van der Waals surface area contributed by atoms with Crippen LogP contribution >= 0.6 is 0 Å². The van der Waals surface area contributed by atoms with Crippen LogP contribution in [0.3, 0.4) is 0 Å². The minimum Gasteiger partial charge on any atom is -0.289 e. The molecule has 0 amide bonds. The second-order valence-corrected chi connectivity index (χ2v) is 38.2. The second-order valence-electron chi connectivity index (χ2n) is 38.2. The number of benzene rings is 18. The van der Waals surface area contributed by atoms with E-state index in [4.69, 9.17) is 15.0 Å². The van der Waals surface area contributed by atoms with Crippen molar-refractivity contribution in [3.63, 3.8) is 0 Å². The van der Waals surface area contributed by atoms with E-state index < -0.39 is 0 Å². The quantitative estimate of drug-likeness (QED) is 0.102. The van der Waals surface area contributed by atoms with Crippen LogP contribution in [0.2, 0.25) is 0 Å². The minimum absolute atomic E-state index is 0.0880. The summed E-state index contributed by atoms with van der Waals surface area (Å²) in [5, 5.41) is 0. The van der Waals surface area contributed by atoms with Crippen LogP contribution < -0.4 is 0 Å². The molecule has 6 heteroatoms. The molecule has 24 rings (SSSR count). The second kappa shape index (κ2) is 37.5. The topological polar surface area (TPSA) is 89.9 Å². The largest absolute Gasteiger partial charge is 0.289 e. The summed E-state index contributed by atoms with van der Waals surface area (Å²) in [6.07, 6.45) is 0. The monoisotopic (exact) mass is 1810 g/mol. The normalized spacial score (nSPS) is 13.1. The molecule has 6 nitrogen and oxygen atoms in total. The Hall–Kier alpha value is -17.6. The van der Waals surface area contributed by atoms with Crippen molar-refractivity contribution in [1.82, 2.24) is 15.0 Å². The van der Waals surface area contributed by atoms with Gasteiger partial charge in [-0.25, -0.2) is 15.0 Å². The number of fused-ring (bicyclic) bond motifs is 6. The molecular formula is C135H99N3O3. The van der Waals surface area contributed by atoms with Crippen molar-refractivity contribution in [2.45, 2.75) is 57.8 Å². The number of nitrogens with zero attached hydrogens (tertiary/aromatic N) is 3. The van der Waals surface area contributed by atoms with Gasteiger partial charge in [-0.1, -0.05) is 472 Å². The van der Waals surface area contributed by atoms with E-state index in [1.165, 1.54) is 0 Å². The molecule has 0 N–H and O–H groups in total. The number of hydrogen-bond acceptors (Lipinski definition) is 6. The minimum atomic E-state index is -0.267. The fourth-order valence-electron chi connectivity index (χ4n) is 21.1. The average molecular weight is 1810 g/mol. The zero-order valence-electron chi connectivity index (χ0n) is 79.3. The van der Waals surface area contributed by atoms with Gasteiger partial charge in [-0.3, -0.25) is 14.4 Å². The van der Waals surface area contributed by atoms with Gasteiger partial charge in [-0.05, 0) is 194 Å². The van der Waals surface area contributed by atoms with E-state index >= 15 is 0 Å². The van der Waals surface area contributed by atoms with Gasteiger partial charge >= 0.3 is 0 Å². The Morgan fingerprint density at radius 2 is 0.326 bits per heavy atom. The molecule has 3 aliphatic rings. The fourth-order valence-corrected chi connectivity index (χ4v) is 21.1. The summed E-state index contributed by atoms with van der Waals surface area (Å²) in [5.41, 5.74) is 42.3. The van der Waals surface area contributed by atoms with Crippen molar-refractivity contribution in [3.05, 3.63) is 558 Å². The van der Waals surface area contributed by atoms with Gasteiger partial charge in [0, 0.05) is 83.0 Å². The van der Waals surface area contributed by atoms with Gasteiger partial charge in [0.2, 0.25) is 0 Å². The summed E-state index contributed by atoms with van der Waals surface area (Å²) in [5.74, 6) is 0.276. The van der Waals surface area contributed by atoms with E-state index in [0.717, 1.165) is 234 Å². The van der Waals surface area contributed by atoms with Gasteiger partial charge in [-0.15, -0.1) is 0 Å². The molecule has 18 aromatic carbocycles. The number of hydrogen-bond donors (Lipinski definition) is 0. The Morgan fingerprint density at radius 3 is 0.660 bits per heavy atom. The molecule has 3 heterocycles. The van der Waals surface area contributed by atoms with Gasteiger partial charge in [-0.2, -0.15) is 0 Å². The molecule has 0 saturated heterocycles. The molecule has 0 aliphatic heterocycles. The Kier molecular flexibility index (Phi) is 23.6. The average Bonchev–Trinajstić information content (AvgIpc) is 0.737. The molecule has 0 bridgehead atoms. The van der Waals surface area contributed by atoms with Crippen LogP contribution in [0.1, 0.15) is 123 Å². The molecule has 672 valence electrons. The Morgan fingerprint density at radius 1 is 0.128 bits per heavy atom. The number of pyridine rings is 3. The molecule has 0 spiro atoms. The first-order chi connectivity index (χ1) is 68.9. The van der Waals surface area contributed by atoms with Crippen molar-refractivity contribution in [2.24, 2.45) is 0 Å². The van der Waals surface area contributed by atoms with Crippen LogP contribution in [-0.4, -0.2) is 32.3 Å². The fraction of sp³-hybridized carbons (Fsp3) is 0.0667. The van der Waals surface area contributed by atoms with E-state index in [2.05, 4.69) is 442 Å². The Balaban J connectivity index is 0.000000121. The molecular weight excluding hydrogens is 1710 g/mol. The van der Waals surface area contributed by atoms with E-state index in [1.54, 1.807) is 0 Å². The third-order valence-electron chi connectivity index (χ3n) is 28.5. The Labute approximate surface area is 824 Å². The van der Waals surface area contributed by atoms with E-state index in [9.17, 15) is 14.4 Å². The maximum atomic E-state index is 13.9. The molecule has 0 radical (unpaired) electrons. The van der Waals surface area contributed by atoms with E-state index in [1.807, 2.05) is 91.0 Å². The van der Waals surface area contributed by atoms with Crippen molar-refractivity contribution in [2.75, 3.05) is 0 Å². The van der Waals surface area contributed by atoms with Crippen LogP contribution in [0.15, 0.2) is 491 Å². The lowest BCUT2D eigenvalue weighted by molar-refractivity contribution is 0.102. The predicted molar refractivity (Wildman–Crippen MR) is 580 cm³/mol. The predicted octanol–water partition coefficient (Wildman–Crippen LogP) is 33.9. The molecule has 0 saturated carbocycles. The summed E-state index contributed by atoms with van der Waals surface area (Å²) in [7, 11) is 0. The first-order valence-corrected chi connectivity index (χ1v) is 48.3. The maximum absolute atomic E-state index is 13.9. The highest BCUT2D eigenvalue weighted by Crippen LogP contribution is 2.50. The zero-order valence-corrected chi connectivity index (χ0v) is 79.3. The SMILES string of the molecule is CC1(C)c2ccccc2C(=O)c2cc(-c3ccccc3-c3ccc(-c4cc(-c5ccccc5)cc(-c5ccccc5)n4)cc3)ccc21.CC1(C)c2ccccc2C(=O)c2cc(-c3ccccc3-c3cccc(-c4cc(-c5ccccc5)cc(-c5ccccc5)n4)c3)ccc21.CC1(C)c2ccccc2C(=O)c2cc(-c3ccccc3-c3ccccc3-c3cc(-c4ccccc4)cc(-c4ccccc4)n3)ccc21. The summed E-state index contributed by atoms with van der Waals surface area (Å²) in [6.45, 7) is 13.3. The lowest BCUT2D eigenvalue weighted by Gasteiger charge is -2.34. The molecule has 3 aliphatic carbocycles. The zero-order chi connectivity index (χ0) is 95.9. The number of carbonyl (C=O) groups excluding carboxylic acids is 3. The van der Waals surface area contributed by atoms with Crippen LogP contribution in [-0.2, 0) is 16.2 Å². The number of ketones is 3. The lowest BCUT2D eigenvalue weighted by Crippen LogP contribution is -2.30. The number of rotatable bonds is 15. The summed E-state index contributed by atoms with van der Waals surface area (Å²) >= 11 is 0. The first-order valence-electron chi connectivity index (χ1n) is 48.3. The van der Waals surface area contributed by atoms with Crippen molar-refractivity contribution < 1.29 is 14.4 Å². The highest BCUT2D eigenvalue weighted by molar-refractivity contribution is 6.16. The van der Waals surface area contributed by atoms with E-state index in [0.29, 0.717) is 0 Å². The van der Waals surface area contributed by atoms with Crippen LogP contribution in [0, 0.1) is 0 Å². The smallest absolute Gasteiger partial charge is 0.193 e. The highest BCUT2D eigenvalue weighted by atomic mass is 16.1. The molecule has 0 atom stereocenters. The number of aromatic nitrogens is 3. The maximum Gasteiger partial charge on any atom is 0.193 e. The van der Waals surface area contributed by atoms with Gasteiger partial charge in [0.25, 0.3) is 0 Å². The summed E-state index contributed by atoms with van der Waals surface area (Å²) in [4.78, 5) is 56.9. The first kappa shape index (κ1) is 88.7.